The Kier molecular flexibility index (Phi) is 3.62. The highest BCUT2D eigenvalue weighted by molar-refractivity contribution is 5.89. The molecule has 0 saturated heterocycles. The molecule has 1 atom stereocenters. The van der Waals surface area contributed by atoms with Crippen molar-refractivity contribution in [3.05, 3.63) is 24.3 Å². The number of hydrogen-bond acceptors (Lipinski definition) is 5. The van der Waals surface area contributed by atoms with E-state index in [2.05, 4.69) is 15.3 Å². The lowest BCUT2D eigenvalue weighted by atomic mass is 10.1. The molecular formula is C13H18N4O. The molecule has 0 aliphatic carbocycles. The van der Waals surface area contributed by atoms with E-state index < -0.39 is 6.10 Å². The highest BCUT2D eigenvalue weighted by atomic mass is 16.3. The maximum Gasteiger partial charge on any atom is 0.222 e. The highest BCUT2D eigenvalue weighted by Gasteiger charge is 2.11. The smallest absolute Gasteiger partial charge is 0.222 e. The van der Waals surface area contributed by atoms with Crippen LogP contribution in [0.2, 0.25) is 0 Å². The lowest BCUT2D eigenvalue weighted by molar-refractivity contribution is 0.138. The zero-order valence-electron chi connectivity index (χ0n) is 10.6. The van der Waals surface area contributed by atoms with Crippen LogP contribution >= 0.6 is 0 Å². The summed E-state index contributed by atoms with van der Waals surface area (Å²) in [5, 5.41) is 13.8. The van der Waals surface area contributed by atoms with Crippen molar-refractivity contribution in [2.24, 2.45) is 5.92 Å². The van der Waals surface area contributed by atoms with E-state index in [1.807, 2.05) is 38.1 Å². The fourth-order valence-electron chi connectivity index (χ4n) is 1.67. The molecule has 0 aliphatic rings. The molecule has 18 heavy (non-hydrogen) atoms. The van der Waals surface area contributed by atoms with Crippen molar-refractivity contribution >= 4 is 22.7 Å². The van der Waals surface area contributed by atoms with Crippen LogP contribution in [0, 0.1) is 5.92 Å². The summed E-state index contributed by atoms with van der Waals surface area (Å²) >= 11 is 0. The predicted octanol–water partition coefficient (Wildman–Crippen LogP) is 1.64. The van der Waals surface area contributed by atoms with Crippen LogP contribution in [0.5, 0.6) is 0 Å². The third kappa shape index (κ3) is 2.68. The number of nitrogens with one attached hydrogen (secondary N) is 1. The van der Waals surface area contributed by atoms with Gasteiger partial charge in [0.2, 0.25) is 5.95 Å². The molecule has 0 aliphatic heterocycles. The summed E-state index contributed by atoms with van der Waals surface area (Å²) in [5.41, 5.74) is 6.46. The molecule has 1 unspecified atom stereocenters. The van der Waals surface area contributed by atoms with Gasteiger partial charge in [0.15, 0.2) is 0 Å². The normalized spacial score (nSPS) is 12.9. The van der Waals surface area contributed by atoms with Crippen LogP contribution < -0.4 is 11.1 Å². The third-order valence-corrected chi connectivity index (χ3v) is 2.87. The van der Waals surface area contributed by atoms with Gasteiger partial charge in [-0.2, -0.15) is 4.98 Å². The molecule has 0 fully saturated rings. The van der Waals surface area contributed by atoms with Gasteiger partial charge in [0.1, 0.15) is 5.82 Å². The number of rotatable bonds is 4. The molecule has 2 rings (SSSR count). The number of nitrogens with two attached hydrogens (primary N) is 1. The molecule has 96 valence electrons. The second-order valence-corrected chi connectivity index (χ2v) is 4.64. The summed E-state index contributed by atoms with van der Waals surface area (Å²) in [6.45, 7) is 4.38. The maximum absolute atomic E-state index is 9.79. The van der Waals surface area contributed by atoms with Crippen LogP contribution in [0.15, 0.2) is 24.3 Å². The topological polar surface area (TPSA) is 84.1 Å². The highest BCUT2D eigenvalue weighted by Crippen LogP contribution is 2.20. The van der Waals surface area contributed by atoms with Gasteiger partial charge in [0, 0.05) is 11.9 Å². The van der Waals surface area contributed by atoms with E-state index in [1.54, 1.807) is 0 Å². The summed E-state index contributed by atoms with van der Waals surface area (Å²) in [4.78, 5) is 8.34. The molecule has 1 heterocycles. The van der Waals surface area contributed by atoms with Gasteiger partial charge in [0.25, 0.3) is 0 Å². The Morgan fingerprint density at radius 3 is 2.72 bits per heavy atom. The zero-order valence-corrected chi connectivity index (χ0v) is 10.6. The lowest BCUT2D eigenvalue weighted by Gasteiger charge is -2.16. The maximum atomic E-state index is 9.79. The molecule has 0 amide bonds. The van der Waals surface area contributed by atoms with Gasteiger partial charge in [0.05, 0.1) is 11.6 Å². The molecule has 1 aromatic carbocycles. The molecule has 0 radical (unpaired) electrons. The van der Waals surface area contributed by atoms with Gasteiger partial charge in [-0.05, 0) is 18.1 Å². The minimum Gasteiger partial charge on any atom is -0.391 e. The predicted molar refractivity (Wildman–Crippen MR) is 73.3 cm³/mol. The second-order valence-electron chi connectivity index (χ2n) is 4.64. The fraction of sp³-hybridized carbons (Fsp3) is 0.385. The Bertz CT molecular complexity index is 542. The lowest BCUT2D eigenvalue weighted by Crippen LogP contribution is -2.25. The summed E-state index contributed by atoms with van der Waals surface area (Å²) in [6, 6.07) is 7.64. The molecule has 1 aromatic heterocycles. The van der Waals surface area contributed by atoms with E-state index >= 15 is 0 Å². The van der Waals surface area contributed by atoms with Crippen LogP contribution in [-0.2, 0) is 0 Å². The zero-order chi connectivity index (χ0) is 13.1. The van der Waals surface area contributed by atoms with Gasteiger partial charge < -0.3 is 16.2 Å². The van der Waals surface area contributed by atoms with E-state index in [0.29, 0.717) is 12.4 Å². The number of aliphatic hydroxyl groups is 1. The van der Waals surface area contributed by atoms with Crippen molar-refractivity contribution in [3.8, 4) is 0 Å². The van der Waals surface area contributed by atoms with Gasteiger partial charge in [-0.3, -0.25) is 0 Å². The molecule has 0 saturated carbocycles. The van der Waals surface area contributed by atoms with E-state index in [0.717, 1.165) is 10.9 Å². The molecule has 0 spiro atoms. The van der Waals surface area contributed by atoms with Gasteiger partial charge >= 0.3 is 0 Å². The van der Waals surface area contributed by atoms with E-state index in [4.69, 9.17) is 5.73 Å². The SMILES string of the molecule is CC(C)C(O)CNc1nc(N)nc2ccccc12. The fourth-order valence-corrected chi connectivity index (χ4v) is 1.67. The minimum atomic E-state index is -0.417. The van der Waals surface area contributed by atoms with E-state index in [-0.39, 0.29) is 11.9 Å². The number of nitrogen functional groups attached to an aromatic ring is 1. The number of anilines is 2. The van der Waals surface area contributed by atoms with Crippen LogP contribution in [-0.4, -0.2) is 27.7 Å². The molecule has 2 aromatic rings. The van der Waals surface area contributed by atoms with Crippen LogP contribution in [0.1, 0.15) is 13.8 Å². The van der Waals surface area contributed by atoms with Gasteiger partial charge in [-0.15, -0.1) is 0 Å². The molecule has 5 nitrogen and oxygen atoms in total. The Labute approximate surface area is 106 Å². The van der Waals surface area contributed by atoms with E-state index in [1.165, 1.54) is 0 Å². The van der Waals surface area contributed by atoms with Crippen molar-refractivity contribution in [1.82, 2.24) is 9.97 Å². The Balaban J connectivity index is 2.27. The van der Waals surface area contributed by atoms with Crippen molar-refractivity contribution < 1.29 is 5.11 Å². The van der Waals surface area contributed by atoms with Crippen LogP contribution in [0.4, 0.5) is 11.8 Å². The number of aliphatic hydroxyl groups excluding tert-OH is 1. The first kappa shape index (κ1) is 12.6. The largest absolute Gasteiger partial charge is 0.391 e. The first-order chi connectivity index (χ1) is 8.58. The average Bonchev–Trinajstić information content (AvgIpc) is 2.35. The summed E-state index contributed by atoms with van der Waals surface area (Å²) in [6.07, 6.45) is -0.417. The Morgan fingerprint density at radius 2 is 2.00 bits per heavy atom. The molecular weight excluding hydrogens is 228 g/mol. The standard InChI is InChI=1S/C13H18N4O/c1-8(2)11(18)7-15-12-9-5-3-4-6-10(9)16-13(14)17-12/h3-6,8,11,18H,7H2,1-2H3,(H3,14,15,16,17). The summed E-state index contributed by atoms with van der Waals surface area (Å²) < 4.78 is 0. The van der Waals surface area contributed by atoms with Crippen molar-refractivity contribution in [1.29, 1.82) is 0 Å². The number of hydrogen-bond donors (Lipinski definition) is 3. The number of fused-ring (bicyclic) bond motifs is 1. The number of nitrogens with zero attached hydrogens (tertiary/aromatic N) is 2. The first-order valence-electron chi connectivity index (χ1n) is 6.02. The van der Waals surface area contributed by atoms with Crippen molar-refractivity contribution in [3.63, 3.8) is 0 Å². The average molecular weight is 246 g/mol. The molecule has 4 N–H and O–H groups in total. The minimum absolute atomic E-state index is 0.197. The van der Waals surface area contributed by atoms with Gasteiger partial charge in [-0.25, -0.2) is 4.98 Å². The van der Waals surface area contributed by atoms with Crippen molar-refractivity contribution in [2.75, 3.05) is 17.6 Å². The van der Waals surface area contributed by atoms with Gasteiger partial charge in [-0.1, -0.05) is 26.0 Å². The summed E-state index contributed by atoms with van der Waals surface area (Å²) in [5.74, 6) is 1.09. The van der Waals surface area contributed by atoms with Crippen LogP contribution in [0.3, 0.4) is 0 Å². The monoisotopic (exact) mass is 246 g/mol. The second kappa shape index (κ2) is 5.18. The third-order valence-electron chi connectivity index (χ3n) is 2.87. The van der Waals surface area contributed by atoms with Crippen molar-refractivity contribution in [2.45, 2.75) is 20.0 Å². The van der Waals surface area contributed by atoms with Crippen LogP contribution in [0.25, 0.3) is 10.9 Å². The van der Waals surface area contributed by atoms with E-state index in [9.17, 15) is 5.11 Å². The molecule has 5 heteroatoms. The Hall–Kier alpha value is -1.88. The summed E-state index contributed by atoms with van der Waals surface area (Å²) in [7, 11) is 0. The quantitative estimate of drug-likeness (QED) is 0.763. The Morgan fingerprint density at radius 1 is 1.28 bits per heavy atom. The number of para-hydroxylation sites is 1. The number of aromatic nitrogens is 2. The molecule has 0 bridgehead atoms. The first-order valence-corrected chi connectivity index (χ1v) is 6.02. The number of benzene rings is 1.